The van der Waals surface area contributed by atoms with Gasteiger partial charge >= 0.3 is 5.97 Å². The smallest absolute Gasteiger partial charge is 0.306 e. The second kappa shape index (κ2) is 6.82. The molecule has 0 saturated carbocycles. The maximum absolute atomic E-state index is 12.9. The summed E-state index contributed by atoms with van der Waals surface area (Å²) in [5.41, 5.74) is 0.0326. The van der Waals surface area contributed by atoms with Gasteiger partial charge in [0, 0.05) is 12.1 Å². The lowest BCUT2D eigenvalue weighted by Crippen LogP contribution is -2.25. The maximum Gasteiger partial charge on any atom is 0.306 e. The molecule has 1 unspecified atom stereocenters. The Bertz CT molecular complexity index is 477. The number of benzene rings is 1. The molecule has 19 heavy (non-hydrogen) atoms. The number of halogens is 2. The number of rotatable bonds is 6. The first-order valence-corrected chi connectivity index (χ1v) is 5.88. The van der Waals surface area contributed by atoms with Crippen molar-refractivity contribution in [1.29, 1.82) is 0 Å². The van der Waals surface area contributed by atoms with E-state index >= 15 is 0 Å². The molecule has 0 aliphatic heterocycles. The van der Waals surface area contributed by atoms with E-state index in [2.05, 4.69) is 5.32 Å². The molecular weight excluding hydrogens is 256 g/mol. The molecule has 4 nitrogen and oxygen atoms in total. The summed E-state index contributed by atoms with van der Waals surface area (Å²) in [6, 6.07) is 2.90. The van der Waals surface area contributed by atoms with Gasteiger partial charge < -0.3 is 10.4 Å². The fourth-order valence-corrected chi connectivity index (χ4v) is 1.47. The third-order valence-corrected chi connectivity index (χ3v) is 2.70. The van der Waals surface area contributed by atoms with Crippen molar-refractivity contribution in [2.75, 3.05) is 6.54 Å². The quantitative estimate of drug-likeness (QED) is 0.779. The predicted molar refractivity (Wildman–Crippen MR) is 64.7 cm³/mol. The van der Waals surface area contributed by atoms with Gasteiger partial charge in [0.2, 0.25) is 0 Å². The first-order valence-electron chi connectivity index (χ1n) is 5.88. The van der Waals surface area contributed by atoms with E-state index in [1.165, 1.54) is 6.07 Å². The third-order valence-electron chi connectivity index (χ3n) is 2.70. The molecule has 0 saturated heterocycles. The summed E-state index contributed by atoms with van der Waals surface area (Å²) < 4.78 is 25.6. The van der Waals surface area contributed by atoms with Gasteiger partial charge in [0.1, 0.15) is 0 Å². The number of carbonyl (C=O) groups excluding carboxylic acids is 1. The Morgan fingerprint density at radius 1 is 1.32 bits per heavy atom. The van der Waals surface area contributed by atoms with E-state index < -0.39 is 29.4 Å². The Labute approximate surface area is 109 Å². The molecular formula is C13H15F2NO3. The molecule has 0 aromatic heterocycles. The van der Waals surface area contributed by atoms with Crippen LogP contribution in [0, 0.1) is 17.6 Å². The first kappa shape index (κ1) is 15.1. The molecule has 0 heterocycles. The first-order chi connectivity index (χ1) is 8.91. The summed E-state index contributed by atoms with van der Waals surface area (Å²) in [5.74, 6) is -3.95. The minimum absolute atomic E-state index is 0.0326. The van der Waals surface area contributed by atoms with Gasteiger partial charge in [-0.05, 0) is 31.0 Å². The van der Waals surface area contributed by atoms with Crippen LogP contribution in [0.5, 0.6) is 0 Å². The Morgan fingerprint density at radius 2 is 2.00 bits per heavy atom. The molecule has 6 heteroatoms. The van der Waals surface area contributed by atoms with Crippen molar-refractivity contribution < 1.29 is 23.5 Å². The molecule has 1 aromatic carbocycles. The summed E-state index contributed by atoms with van der Waals surface area (Å²) >= 11 is 0. The predicted octanol–water partition coefficient (Wildman–Crippen LogP) is 2.20. The molecule has 1 amide bonds. The van der Waals surface area contributed by atoms with E-state index in [0.717, 1.165) is 12.1 Å². The van der Waals surface area contributed by atoms with Crippen LogP contribution >= 0.6 is 0 Å². The van der Waals surface area contributed by atoms with Gasteiger partial charge in [-0.2, -0.15) is 0 Å². The molecule has 0 bridgehead atoms. The Hall–Kier alpha value is -1.98. The lowest BCUT2D eigenvalue weighted by atomic mass is 10.1. The molecule has 0 spiro atoms. The lowest BCUT2D eigenvalue weighted by molar-refractivity contribution is -0.141. The van der Waals surface area contributed by atoms with Crippen molar-refractivity contribution in [3.63, 3.8) is 0 Å². The minimum Gasteiger partial charge on any atom is -0.481 e. The molecule has 104 valence electrons. The van der Waals surface area contributed by atoms with Crippen molar-refractivity contribution in [3.8, 4) is 0 Å². The fraction of sp³-hybridized carbons (Fsp3) is 0.385. The van der Waals surface area contributed by atoms with Crippen LogP contribution < -0.4 is 5.32 Å². The normalized spacial score (nSPS) is 11.9. The summed E-state index contributed by atoms with van der Waals surface area (Å²) in [7, 11) is 0. The standard InChI is InChI=1S/C13H15F2NO3/c1-8(13(18)19)3-2-6-16-12(17)9-4-5-10(14)11(15)7-9/h4-5,7-8H,2-3,6H2,1H3,(H,16,17)(H,18,19). The number of hydrogen-bond donors (Lipinski definition) is 2. The second-order valence-corrected chi connectivity index (χ2v) is 4.27. The number of amides is 1. The van der Waals surface area contributed by atoms with Gasteiger partial charge in [-0.15, -0.1) is 0 Å². The van der Waals surface area contributed by atoms with E-state index in [1.54, 1.807) is 6.92 Å². The van der Waals surface area contributed by atoms with Gasteiger partial charge in [-0.3, -0.25) is 9.59 Å². The molecule has 0 fully saturated rings. The minimum atomic E-state index is -1.08. The number of aliphatic carboxylic acids is 1. The van der Waals surface area contributed by atoms with Crippen molar-refractivity contribution in [3.05, 3.63) is 35.4 Å². The third kappa shape index (κ3) is 4.65. The zero-order valence-corrected chi connectivity index (χ0v) is 10.5. The maximum atomic E-state index is 12.9. The largest absolute Gasteiger partial charge is 0.481 e. The highest BCUT2D eigenvalue weighted by Crippen LogP contribution is 2.09. The number of carboxylic acids is 1. The van der Waals surface area contributed by atoms with Gasteiger partial charge in [0.15, 0.2) is 11.6 Å². The number of carbonyl (C=O) groups is 2. The van der Waals surface area contributed by atoms with E-state index in [0.29, 0.717) is 12.8 Å². The van der Waals surface area contributed by atoms with E-state index in [4.69, 9.17) is 5.11 Å². The van der Waals surface area contributed by atoms with Crippen molar-refractivity contribution in [2.45, 2.75) is 19.8 Å². The molecule has 0 aliphatic rings. The summed E-state index contributed by atoms with van der Waals surface area (Å²) in [6.45, 7) is 1.87. The average Bonchev–Trinajstić information content (AvgIpc) is 2.37. The van der Waals surface area contributed by atoms with Crippen LogP contribution in [0.25, 0.3) is 0 Å². The van der Waals surface area contributed by atoms with Crippen LogP contribution in [-0.2, 0) is 4.79 Å². The van der Waals surface area contributed by atoms with E-state index in [1.807, 2.05) is 0 Å². The van der Waals surface area contributed by atoms with Crippen LogP contribution in [0.2, 0.25) is 0 Å². The summed E-state index contributed by atoms with van der Waals surface area (Å²) in [4.78, 5) is 22.1. The van der Waals surface area contributed by atoms with E-state index in [-0.39, 0.29) is 12.1 Å². The zero-order valence-electron chi connectivity index (χ0n) is 10.5. The molecule has 1 aromatic rings. The van der Waals surface area contributed by atoms with Crippen molar-refractivity contribution in [1.82, 2.24) is 5.32 Å². The second-order valence-electron chi connectivity index (χ2n) is 4.27. The topological polar surface area (TPSA) is 66.4 Å². The zero-order chi connectivity index (χ0) is 14.4. The van der Waals surface area contributed by atoms with Crippen LogP contribution in [0.1, 0.15) is 30.1 Å². The van der Waals surface area contributed by atoms with Gasteiger partial charge in [-0.1, -0.05) is 6.92 Å². The van der Waals surface area contributed by atoms with Gasteiger partial charge in [0.25, 0.3) is 5.91 Å². The SMILES string of the molecule is CC(CCCNC(=O)c1ccc(F)c(F)c1)C(=O)O. The highest BCUT2D eigenvalue weighted by Gasteiger charge is 2.11. The van der Waals surface area contributed by atoms with Crippen LogP contribution in [-0.4, -0.2) is 23.5 Å². The monoisotopic (exact) mass is 271 g/mol. The Morgan fingerprint density at radius 3 is 2.58 bits per heavy atom. The molecule has 1 atom stereocenters. The van der Waals surface area contributed by atoms with Crippen molar-refractivity contribution in [2.24, 2.45) is 5.92 Å². The number of hydrogen-bond acceptors (Lipinski definition) is 2. The van der Waals surface area contributed by atoms with Crippen LogP contribution in [0.3, 0.4) is 0 Å². The Balaban J connectivity index is 2.39. The van der Waals surface area contributed by atoms with Crippen LogP contribution in [0.15, 0.2) is 18.2 Å². The highest BCUT2D eigenvalue weighted by molar-refractivity contribution is 5.94. The van der Waals surface area contributed by atoms with Crippen molar-refractivity contribution >= 4 is 11.9 Å². The molecule has 0 aliphatic carbocycles. The van der Waals surface area contributed by atoms with Gasteiger partial charge in [0.05, 0.1) is 5.92 Å². The molecule has 2 N–H and O–H groups in total. The molecule has 0 radical (unpaired) electrons. The molecule has 1 rings (SSSR count). The lowest BCUT2D eigenvalue weighted by Gasteiger charge is -2.07. The van der Waals surface area contributed by atoms with Crippen LogP contribution in [0.4, 0.5) is 8.78 Å². The summed E-state index contributed by atoms with van der Waals surface area (Å²) in [5, 5.41) is 11.2. The van der Waals surface area contributed by atoms with E-state index in [9.17, 15) is 18.4 Å². The fourth-order valence-electron chi connectivity index (χ4n) is 1.47. The Kier molecular flexibility index (Phi) is 5.41. The average molecular weight is 271 g/mol. The number of carboxylic acid groups (broad SMARTS) is 1. The summed E-state index contributed by atoms with van der Waals surface area (Å²) in [6.07, 6.45) is 0.941. The number of nitrogens with one attached hydrogen (secondary N) is 1. The highest BCUT2D eigenvalue weighted by atomic mass is 19.2. The van der Waals surface area contributed by atoms with Gasteiger partial charge in [-0.25, -0.2) is 8.78 Å².